The summed E-state index contributed by atoms with van der Waals surface area (Å²) in [6.07, 6.45) is 1.26. The van der Waals surface area contributed by atoms with E-state index in [1.807, 2.05) is 26.0 Å². The van der Waals surface area contributed by atoms with Crippen LogP contribution in [0.5, 0.6) is 11.5 Å². The number of amides is 1. The van der Waals surface area contributed by atoms with Crippen molar-refractivity contribution in [1.29, 1.82) is 0 Å². The van der Waals surface area contributed by atoms with Crippen LogP contribution in [-0.4, -0.2) is 29.2 Å². The highest BCUT2D eigenvalue weighted by Gasteiger charge is 2.48. The zero-order valence-electron chi connectivity index (χ0n) is 16.2. The van der Waals surface area contributed by atoms with Crippen molar-refractivity contribution in [2.45, 2.75) is 38.5 Å². The lowest BCUT2D eigenvalue weighted by Crippen LogP contribution is -2.48. The summed E-state index contributed by atoms with van der Waals surface area (Å²) in [5.41, 5.74) is 6.09. The summed E-state index contributed by atoms with van der Waals surface area (Å²) in [4.78, 5) is 14.5. The Morgan fingerprint density at radius 1 is 1.04 bits per heavy atom. The second kappa shape index (κ2) is 8.80. The van der Waals surface area contributed by atoms with Gasteiger partial charge in [0.05, 0.1) is 6.04 Å². The van der Waals surface area contributed by atoms with Gasteiger partial charge in [0.2, 0.25) is 5.91 Å². The molecule has 0 saturated carbocycles. The van der Waals surface area contributed by atoms with Crippen molar-refractivity contribution >= 4 is 13.5 Å². The number of hydrogen-bond acceptors (Lipinski definition) is 5. The zero-order valence-corrected chi connectivity index (χ0v) is 17.1. The molecule has 0 bridgehead atoms. The third kappa shape index (κ3) is 4.57. The Kier molecular flexibility index (Phi) is 6.42. The molecule has 2 atom stereocenters. The fourth-order valence-electron chi connectivity index (χ4n) is 3.21. The lowest BCUT2D eigenvalue weighted by Gasteiger charge is -2.33. The van der Waals surface area contributed by atoms with Crippen LogP contribution in [0.2, 0.25) is 0 Å². The molecule has 150 valence electrons. The lowest BCUT2D eigenvalue weighted by atomic mass is 10.0. The molecule has 3 rings (SSSR count). The first-order chi connectivity index (χ1) is 13.4. The van der Waals surface area contributed by atoms with Crippen molar-refractivity contribution in [2.75, 3.05) is 6.54 Å². The van der Waals surface area contributed by atoms with Gasteiger partial charge in [-0.2, -0.15) is 0 Å². The van der Waals surface area contributed by atoms with Crippen LogP contribution in [0.15, 0.2) is 60.7 Å². The van der Waals surface area contributed by atoms with Crippen LogP contribution in [0.4, 0.5) is 0 Å². The van der Waals surface area contributed by atoms with E-state index in [-0.39, 0.29) is 11.8 Å². The molecule has 0 aromatic heterocycles. The van der Waals surface area contributed by atoms with Gasteiger partial charge in [-0.3, -0.25) is 4.79 Å². The average molecular weight is 402 g/mol. The van der Waals surface area contributed by atoms with E-state index in [1.54, 1.807) is 53.4 Å². The Hall–Kier alpha value is -2.30. The maximum atomic E-state index is 14.0. The first kappa shape index (κ1) is 20.4. The normalized spacial score (nSPS) is 18.1. The van der Waals surface area contributed by atoms with E-state index in [9.17, 15) is 9.36 Å². The Bertz CT molecular complexity index is 783. The first-order valence-electron chi connectivity index (χ1n) is 9.56. The molecule has 1 heterocycles. The fourth-order valence-corrected chi connectivity index (χ4v) is 5.39. The number of para-hydroxylation sites is 2. The summed E-state index contributed by atoms with van der Waals surface area (Å²) >= 11 is 0. The van der Waals surface area contributed by atoms with Crippen LogP contribution in [-0.2, 0) is 9.36 Å². The molecule has 1 saturated heterocycles. The van der Waals surface area contributed by atoms with Crippen molar-refractivity contribution in [3.05, 3.63) is 60.7 Å². The summed E-state index contributed by atoms with van der Waals surface area (Å²) in [5, 5.41) is 0. The second-order valence-corrected chi connectivity index (χ2v) is 9.31. The van der Waals surface area contributed by atoms with Crippen LogP contribution in [0.25, 0.3) is 0 Å². The molecule has 7 heteroatoms. The molecule has 1 fully saturated rings. The van der Waals surface area contributed by atoms with Crippen molar-refractivity contribution in [3.8, 4) is 11.5 Å². The van der Waals surface area contributed by atoms with Gasteiger partial charge < -0.3 is 19.7 Å². The van der Waals surface area contributed by atoms with E-state index in [4.69, 9.17) is 14.8 Å². The molecule has 2 unspecified atom stereocenters. The molecule has 0 radical (unpaired) electrons. The van der Waals surface area contributed by atoms with Gasteiger partial charge in [0.1, 0.15) is 11.5 Å². The molecule has 28 heavy (non-hydrogen) atoms. The van der Waals surface area contributed by atoms with Crippen LogP contribution in [0.3, 0.4) is 0 Å². The van der Waals surface area contributed by atoms with Crippen molar-refractivity contribution in [1.82, 2.24) is 4.90 Å². The molecule has 2 N–H and O–H groups in total. The highest BCUT2D eigenvalue weighted by atomic mass is 31.2. The van der Waals surface area contributed by atoms with Gasteiger partial charge in [0, 0.05) is 6.54 Å². The van der Waals surface area contributed by atoms with E-state index >= 15 is 0 Å². The predicted octanol–water partition coefficient (Wildman–Crippen LogP) is 4.27. The zero-order chi connectivity index (χ0) is 20.1. The Morgan fingerprint density at radius 2 is 1.54 bits per heavy atom. The van der Waals surface area contributed by atoms with Gasteiger partial charge in [-0.05, 0) is 43.0 Å². The maximum absolute atomic E-state index is 14.0. The number of carbonyl (C=O) groups excluding carboxylic acids is 1. The van der Waals surface area contributed by atoms with Gasteiger partial charge in [-0.15, -0.1) is 0 Å². The van der Waals surface area contributed by atoms with Gasteiger partial charge in [-0.25, -0.2) is 4.57 Å². The van der Waals surface area contributed by atoms with Crippen molar-refractivity contribution in [2.24, 2.45) is 11.7 Å². The fraction of sp³-hybridized carbons (Fsp3) is 0.381. The maximum Gasteiger partial charge on any atom is 0.453 e. The number of likely N-dealkylation sites (tertiary alicyclic amines) is 1. The van der Waals surface area contributed by atoms with Crippen LogP contribution in [0, 0.1) is 5.92 Å². The van der Waals surface area contributed by atoms with Crippen LogP contribution >= 0.6 is 7.60 Å². The summed E-state index contributed by atoms with van der Waals surface area (Å²) in [5.74, 6) is -0.0297. The van der Waals surface area contributed by atoms with E-state index in [1.165, 1.54) is 0 Å². The summed E-state index contributed by atoms with van der Waals surface area (Å²) in [6, 6.07) is 17.1. The number of carbonyl (C=O) groups is 1. The first-order valence-corrected chi connectivity index (χ1v) is 11.2. The summed E-state index contributed by atoms with van der Waals surface area (Å²) in [7, 11) is -3.74. The number of benzene rings is 2. The Balaban J connectivity index is 1.93. The standard InChI is InChI=1S/C21H27N2O4P/c1-16(2)20(22)21(24)23-15-9-14-19(23)28(25,26-17-10-5-3-6-11-17)27-18-12-7-4-8-13-18/h3-8,10-13,16,19-20H,9,14-15,22H2,1-2H3. The van der Waals surface area contributed by atoms with Crippen molar-refractivity contribution in [3.63, 3.8) is 0 Å². The Morgan fingerprint density at radius 3 is 2.00 bits per heavy atom. The molecule has 0 spiro atoms. The minimum absolute atomic E-state index is 0.0155. The monoisotopic (exact) mass is 402 g/mol. The van der Waals surface area contributed by atoms with E-state index in [0.717, 1.165) is 6.42 Å². The van der Waals surface area contributed by atoms with Gasteiger partial charge in [0.25, 0.3) is 0 Å². The lowest BCUT2D eigenvalue weighted by molar-refractivity contribution is -0.133. The highest BCUT2D eigenvalue weighted by Crippen LogP contribution is 2.57. The van der Waals surface area contributed by atoms with Crippen molar-refractivity contribution < 1.29 is 18.4 Å². The summed E-state index contributed by atoms with van der Waals surface area (Å²) in [6.45, 7) is 4.28. The number of nitrogens with two attached hydrogens (primary N) is 1. The van der Waals surface area contributed by atoms with Gasteiger partial charge in [0.15, 0.2) is 5.78 Å². The largest absolute Gasteiger partial charge is 0.453 e. The minimum Gasteiger partial charge on any atom is -0.415 e. The molecule has 0 aliphatic carbocycles. The number of nitrogens with zero attached hydrogens (tertiary/aromatic N) is 1. The molecule has 1 aliphatic heterocycles. The molecular weight excluding hydrogens is 375 g/mol. The van der Waals surface area contributed by atoms with E-state index in [0.29, 0.717) is 24.5 Å². The average Bonchev–Trinajstić information content (AvgIpc) is 3.19. The van der Waals surface area contributed by atoms with E-state index in [2.05, 4.69) is 0 Å². The molecule has 6 nitrogen and oxygen atoms in total. The van der Waals surface area contributed by atoms with E-state index < -0.39 is 19.4 Å². The highest BCUT2D eigenvalue weighted by molar-refractivity contribution is 7.55. The third-order valence-electron chi connectivity index (χ3n) is 4.82. The SMILES string of the molecule is CC(C)C(N)C(=O)N1CCCC1P(=O)(Oc1ccccc1)Oc1ccccc1. The number of hydrogen-bond donors (Lipinski definition) is 1. The van der Waals surface area contributed by atoms with Crippen LogP contribution in [0.1, 0.15) is 26.7 Å². The Labute approximate surface area is 166 Å². The molecule has 2 aromatic carbocycles. The number of rotatable bonds is 7. The molecular formula is C21H27N2O4P. The predicted molar refractivity (Wildman–Crippen MR) is 109 cm³/mol. The molecule has 2 aromatic rings. The smallest absolute Gasteiger partial charge is 0.415 e. The van der Waals surface area contributed by atoms with Crippen LogP contribution < -0.4 is 14.8 Å². The molecule has 1 aliphatic rings. The topological polar surface area (TPSA) is 81.9 Å². The van der Waals surface area contributed by atoms with Gasteiger partial charge >= 0.3 is 7.60 Å². The minimum atomic E-state index is -3.74. The van der Waals surface area contributed by atoms with Gasteiger partial charge in [-0.1, -0.05) is 50.2 Å². The second-order valence-electron chi connectivity index (χ2n) is 7.27. The third-order valence-corrected chi connectivity index (χ3v) is 7.02. The quantitative estimate of drug-likeness (QED) is 0.700. The molecule has 1 amide bonds. The summed E-state index contributed by atoms with van der Waals surface area (Å²) < 4.78 is 25.8.